The normalized spacial score (nSPS) is 17.3. The van der Waals surface area contributed by atoms with Crippen LogP contribution in [-0.4, -0.2) is 91.3 Å². The van der Waals surface area contributed by atoms with Gasteiger partial charge in [-0.1, -0.05) is 44.2 Å². The first kappa shape index (κ1) is 54.3. The summed E-state index contributed by atoms with van der Waals surface area (Å²) in [6.45, 7) is 15.8. The van der Waals surface area contributed by atoms with Crippen molar-refractivity contribution in [2.45, 2.75) is 84.1 Å². The van der Waals surface area contributed by atoms with E-state index in [1.807, 2.05) is 0 Å². The maximum Gasteiger partial charge on any atom is 0.301 e. The minimum absolute atomic E-state index is 0.00141. The largest absolute Gasteiger partial charge is 0.386 e. The summed E-state index contributed by atoms with van der Waals surface area (Å²) in [4.78, 5) is 25.9. The molecule has 22 heteroatoms. The number of benzene rings is 2. The molecule has 0 saturated heterocycles. The van der Waals surface area contributed by atoms with Crippen LogP contribution in [0, 0.1) is 31.4 Å². The maximum absolute atomic E-state index is 15.5. The summed E-state index contributed by atoms with van der Waals surface area (Å²) in [5, 5.41) is 27.5. The lowest BCUT2D eigenvalue weighted by Crippen LogP contribution is -2.36. The van der Waals surface area contributed by atoms with Gasteiger partial charge in [-0.2, -0.15) is 17.6 Å². The molecule has 7 rings (SSSR count). The number of halogens is 6. The Bertz CT molecular complexity index is 3120. The topological polar surface area (TPSA) is 193 Å². The number of nitrogens with zero attached hydrogens (tertiary/aromatic N) is 6. The SMILES string of the molecule is Cc1nc(N[C@H](C)c2cccc(C(F)(F)[C@@H](O)CP3(=O)C=CCC3)c2F)c2cc(P(C)(C)=O)ncc2n1.Cc1nc(N[C@H](C)c2cccc(C(F)(F)[C@H](O)C(C)C)c2F)c2cc(P(C)(C)=O)ncc2n1. The quantitative estimate of drug-likeness (QED) is 0.0561. The number of hydrogen-bond acceptors (Lipinski definition) is 13. The van der Waals surface area contributed by atoms with Gasteiger partial charge in [0.2, 0.25) is 0 Å². The molecule has 13 nitrogen and oxygen atoms in total. The third-order valence-electron chi connectivity index (χ3n) is 11.8. The third kappa shape index (κ3) is 11.8. The van der Waals surface area contributed by atoms with Gasteiger partial charge in [0, 0.05) is 34.2 Å². The zero-order valence-electron chi connectivity index (χ0n) is 40.3. The summed E-state index contributed by atoms with van der Waals surface area (Å²) in [6, 6.07) is 9.00. The Hall–Kier alpha value is -5.05. The predicted molar refractivity (Wildman–Crippen MR) is 265 cm³/mol. The molecule has 2 aromatic carbocycles. The van der Waals surface area contributed by atoms with E-state index in [1.165, 1.54) is 56.3 Å². The van der Waals surface area contributed by atoms with Gasteiger partial charge in [0.05, 0.1) is 46.6 Å². The highest BCUT2D eigenvalue weighted by Gasteiger charge is 2.47. The molecule has 5 atom stereocenters. The number of rotatable bonds is 15. The zero-order chi connectivity index (χ0) is 51.9. The molecule has 5 heterocycles. The second-order valence-corrected chi connectivity index (χ2v) is 28.0. The van der Waals surface area contributed by atoms with E-state index in [0.717, 1.165) is 12.1 Å². The summed E-state index contributed by atoms with van der Waals surface area (Å²) < 4.78 is 128. The number of nitrogens with one attached hydrogen (secondary N) is 2. The molecule has 0 bridgehead atoms. The first-order valence-electron chi connectivity index (χ1n) is 22.3. The molecular formula is C48H57F6N8O5P3. The molecule has 70 heavy (non-hydrogen) atoms. The van der Waals surface area contributed by atoms with Crippen LogP contribution in [0.15, 0.2) is 72.8 Å². The highest BCUT2D eigenvalue weighted by atomic mass is 31.2. The molecule has 0 saturated carbocycles. The average Bonchev–Trinajstić information content (AvgIpc) is 3.70. The van der Waals surface area contributed by atoms with Crippen molar-refractivity contribution in [3.05, 3.63) is 118 Å². The lowest BCUT2D eigenvalue weighted by molar-refractivity contribution is -0.134. The van der Waals surface area contributed by atoms with Crippen molar-refractivity contribution >= 4 is 65.7 Å². The summed E-state index contributed by atoms with van der Waals surface area (Å²) >= 11 is 0. The lowest BCUT2D eigenvalue weighted by Gasteiger charge is -2.27. The van der Waals surface area contributed by atoms with E-state index >= 15 is 17.6 Å². The van der Waals surface area contributed by atoms with Crippen LogP contribution in [-0.2, 0) is 25.5 Å². The van der Waals surface area contributed by atoms with E-state index in [0.29, 0.717) is 62.4 Å². The smallest absolute Gasteiger partial charge is 0.301 e. The van der Waals surface area contributed by atoms with Crippen LogP contribution in [0.4, 0.5) is 38.0 Å². The molecule has 4 N–H and O–H groups in total. The van der Waals surface area contributed by atoms with Crippen molar-refractivity contribution in [2.24, 2.45) is 5.92 Å². The Morgan fingerprint density at radius 1 is 0.700 bits per heavy atom. The zero-order valence-corrected chi connectivity index (χ0v) is 43.0. The van der Waals surface area contributed by atoms with E-state index < -0.39 is 92.4 Å². The molecule has 1 aliphatic heterocycles. The number of anilines is 2. The fraction of sp³-hybridized carbons (Fsp3) is 0.417. The summed E-state index contributed by atoms with van der Waals surface area (Å²) in [5.74, 6) is -7.82. The molecule has 0 amide bonds. The van der Waals surface area contributed by atoms with E-state index in [2.05, 4.69) is 40.5 Å². The summed E-state index contributed by atoms with van der Waals surface area (Å²) in [7, 11) is -8.41. The second kappa shape index (κ2) is 20.6. The fourth-order valence-electron chi connectivity index (χ4n) is 7.88. The van der Waals surface area contributed by atoms with Crippen LogP contribution in [0.25, 0.3) is 21.8 Å². The minimum atomic E-state index is -3.95. The Morgan fingerprint density at radius 2 is 1.13 bits per heavy atom. The van der Waals surface area contributed by atoms with Gasteiger partial charge >= 0.3 is 11.8 Å². The van der Waals surface area contributed by atoms with Gasteiger partial charge in [-0.05, 0) is 96.8 Å². The number of aliphatic hydroxyl groups excluding tert-OH is 2. The van der Waals surface area contributed by atoms with E-state index in [4.69, 9.17) is 0 Å². The van der Waals surface area contributed by atoms with Gasteiger partial charge in [0.25, 0.3) is 0 Å². The summed E-state index contributed by atoms with van der Waals surface area (Å²) in [6.07, 6.45) is 0.431. The number of fused-ring (bicyclic) bond motifs is 2. The molecule has 0 radical (unpaired) electrons. The van der Waals surface area contributed by atoms with Gasteiger partial charge in [-0.3, -0.25) is 9.97 Å². The Kier molecular flexibility index (Phi) is 16.0. The highest BCUT2D eigenvalue weighted by molar-refractivity contribution is 7.70. The van der Waals surface area contributed by atoms with Crippen LogP contribution >= 0.6 is 21.4 Å². The van der Waals surface area contributed by atoms with Gasteiger partial charge in [-0.15, -0.1) is 0 Å². The molecule has 0 fully saturated rings. The van der Waals surface area contributed by atoms with E-state index in [1.54, 1.807) is 72.6 Å². The number of aliphatic hydroxyl groups is 2. The number of hydrogen-bond donors (Lipinski definition) is 4. The van der Waals surface area contributed by atoms with Crippen molar-refractivity contribution in [3.8, 4) is 0 Å². The first-order valence-corrected chi connectivity index (χ1v) is 29.7. The van der Waals surface area contributed by atoms with Crippen molar-refractivity contribution in [2.75, 3.05) is 49.6 Å². The number of allylic oxidation sites excluding steroid dienone is 1. The van der Waals surface area contributed by atoms with E-state index in [-0.39, 0.29) is 17.3 Å². The Morgan fingerprint density at radius 3 is 1.51 bits per heavy atom. The van der Waals surface area contributed by atoms with Gasteiger partial charge in [-0.25, -0.2) is 28.7 Å². The molecule has 376 valence electrons. The number of alkyl halides is 4. The Labute approximate surface area is 402 Å². The van der Waals surface area contributed by atoms with Gasteiger partial charge in [0.15, 0.2) is 0 Å². The molecule has 1 aliphatic rings. The monoisotopic (exact) mass is 1030 g/mol. The van der Waals surface area contributed by atoms with Crippen LogP contribution in [0.5, 0.6) is 0 Å². The summed E-state index contributed by atoms with van der Waals surface area (Å²) in [5.41, 5.74) is -0.119. The molecule has 6 aromatic rings. The van der Waals surface area contributed by atoms with Crippen molar-refractivity contribution in [1.82, 2.24) is 29.9 Å². The Balaban J connectivity index is 0.000000231. The number of aryl methyl sites for hydroxylation is 2. The van der Waals surface area contributed by atoms with Gasteiger partial charge in [0.1, 0.15) is 79.4 Å². The predicted octanol–water partition coefficient (Wildman–Crippen LogP) is 10.6. The molecule has 1 unspecified atom stereocenters. The fourth-order valence-corrected chi connectivity index (χ4v) is 11.8. The lowest BCUT2D eigenvalue weighted by atomic mass is 9.92. The minimum Gasteiger partial charge on any atom is -0.386 e. The standard InChI is InChI=1S/C25H29F3N4O3P2.C23H28F3N4O2P/c1-15(30-24-18-12-22(36(3,4)34)29-13-20(18)31-16(2)32-24)17-8-7-9-19(23(17)26)25(27,28)21(33)14-37(35)10-5-6-11-37;1-12(2)21(31)23(25,26)17-9-7-8-15(20(17)24)13(3)28-22-16-10-19(33(5,6)32)27-11-18(16)29-14(4)30-22/h5,7-10,12-13,15,21,33H,6,11,14H2,1-4H3,(H,30,31,32);7-13,21,31H,1-6H3,(H,28,29,30)/t15-,21+,37?;13-,21-/m11/s1. The first-order chi connectivity index (χ1) is 32.4. The van der Waals surface area contributed by atoms with Gasteiger partial charge < -0.3 is 34.5 Å². The second-order valence-electron chi connectivity index (χ2n) is 18.7. The van der Waals surface area contributed by atoms with Crippen LogP contribution < -0.4 is 21.5 Å². The van der Waals surface area contributed by atoms with E-state index in [9.17, 15) is 32.7 Å². The average molecular weight is 1030 g/mol. The van der Waals surface area contributed by atoms with Crippen molar-refractivity contribution < 1.29 is 50.3 Å². The van der Waals surface area contributed by atoms with Crippen molar-refractivity contribution in [3.63, 3.8) is 0 Å². The number of pyridine rings is 2. The maximum atomic E-state index is 15.5. The van der Waals surface area contributed by atoms with Crippen molar-refractivity contribution in [1.29, 1.82) is 0 Å². The molecule has 0 aliphatic carbocycles. The molecule has 4 aromatic heterocycles. The number of aromatic nitrogens is 6. The van der Waals surface area contributed by atoms with Crippen LogP contribution in [0.1, 0.15) is 80.1 Å². The van der Waals surface area contributed by atoms with Crippen LogP contribution in [0.2, 0.25) is 0 Å². The highest BCUT2D eigenvalue weighted by Crippen LogP contribution is 2.54. The molecule has 0 spiro atoms. The third-order valence-corrected chi connectivity index (χ3v) is 17.3. The molecular weight excluding hydrogens is 975 g/mol. The van der Waals surface area contributed by atoms with Crippen LogP contribution in [0.3, 0.4) is 0 Å².